The first-order valence-corrected chi connectivity index (χ1v) is 4.01. The van der Waals surface area contributed by atoms with Gasteiger partial charge in [-0.05, 0) is 18.2 Å². The molecule has 0 aliphatic rings. The van der Waals surface area contributed by atoms with Gasteiger partial charge >= 0.3 is 5.97 Å². The van der Waals surface area contributed by atoms with Gasteiger partial charge < -0.3 is 14.3 Å². The number of carbonyl (C=O) groups is 1. The highest BCUT2D eigenvalue weighted by atomic mass is 16.5. The molecule has 4 heteroatoms. The van der Waals surface area contributed by atoms with E-state index in [-0.39, 0.29) is 5.56 Å². The number of ether oxygens (including phenoxy) is 1. The van der Waals surface area contributed by atoms with Crippen LogP contribution in [0, 0.1) is 0 Å². The van der Waals surface area contributed by atoms with Crippen molar-refractivity contribution in [3.63, 3.8) is 0 Å². The highest BCUT2D eigenvalue weighted by Crippen LogP contribution is 2.28. The number of carboxylic acids is 1. The number of methoxy groups -OCH3 is 1. The smallest absolute Gasteiger partial charge is 0.340 e. The summed E-state index contributed by atoms with van der Waals surface area (Å²) in [5.41, 5.74) is 0.682. The van der Waals surface area contributed by atoms with Crippen LogP contribution in [0.1, 0.15) is 10.4 Å². The molecular weight excluding hydrogens is 184 g/mol. The molecule has 0 spiro atoms. The van der Waals surface area contributed by atoms with E-state index < -0.39 is 5.97 Å². The molecule has 0 aliphatic carbocycles. The van der Waals surface area contributed by atoms with E-state index in [2.05, 4.69) is 0 Å². The van der Waals surface area contributed by atoms with E-state index >= 15 is 0 Å². The van der Waals surface area contributed by atoms with Crippen LogP contribution < -0.4 is 4.74 Å². The van der Waals surface area contributed by atoms with E-state index in [4.69, 9.17) is 14.3 Å². The molecule has 0 fully saturated rings. The molecular formula is C10H8O4. The molecule has 0 aliphatic heterocycles. The Bertz CT molecular complexity index is 484. The predicted molar refractivity (Wildman–Crippen MR) is 49.7 cm³/mol. The first-order valence-electron chi connectivity index (χ1n) is 4.01. The molecule has 1 N–H and O–H groups in total. The lowest BCUT2D eigenvalue weighted by Gasteiger charge is -2.04. The van der Waals surface area contributed by atoms with E-state index in [0.29, 0.717) is 16.7 Å². The number of aromatic carboxylic acids is 1. The Labute approximate surface area is 79.7 Å². The molecule has 0 amide bonds. The molecule has 1 aromatic carbocycles. The predicted octanol–water partition coefficient (Wildman–Crippen LogP) is 2.14. The summed E-state index contributed by atoms with van der Waals surface area (Å²) in [5.74, 6) is -0.680. The molecule has 0 saturated heterocycles. The van der Waals surface area contributed by atoms with Crippen molar-refractivity contribution in [2.24, 2.45) is 0 Å². The zero-order valence-electron chi connectivity index (χ0n) is 7.48. The number of fused-ring (bicyclic) bond motifs is 1. The van der Waals surface area contributed by atoms with Crippen molar-refractivity contribution >= 4 is 16.9 Å². The fourth-order valence-electron chi connectivity index (χ4n) is 1.41. The number of hydrogen-bond acceptors (Lipinski definition) is 3. The fourth-order valence-corrected chi connectivity index (χ4v) is 1.41. The lowest BCUT2D eigenvalue weighted by Crippen LogP contribution is -2.00. The zero-order chi connectivity index (χ0) is 10.1. The molecule has 2 rings (SSSR count). The van der Waals surface area contributed by atoms with Gasteiger partial charge in [0.05, 0.1) is 13.4 Å². The number of carboxylic acid groups (broad SMARTS) is 1. The van der Waals surface area contributed by atoms with Gasteiger partial charge in [-0.2, -0.15) is 0 Å². The lowest BCUT2D eigenvalue weighted by molar-refractivity contribution is 0.0695. The van der Waals surface area contributed by atoms with E-state index in [1.807, 2.05) is 0 Å². The van der Waals surface area contributed by atoms with Crippen molar-refractivity contribution in [2.75, 3.05) is 7.11 Å². The van der Waals surface area contributed by atoms with Crippen LogP contribution in [0.5, 0.6) is 5.75 Å². The number of furan rings is 1. The monoisotopic (exact) mass is 192 g/mol. The molecule has 0 saturated carbocycles. The summed E-state index contributed by atoms with van der Waals surface area (Å²) < 4.78 is 10.1. The Balaban J connectivity index is 2.82. The first kappa shape index (κ1) is 8.62. The third-order valence-electron chi connectivity index (χ3n) is 2.03. The van der Waals surface area contributed by atoms with Gasteiger partial charge in [0.25, 0.3) is 0 Å². The number of rotatable bonds is 2. The van der Waals surface area contributed by atoms with Gasteiger partial charge in [0, 0.05) is 5.39 Å². The van der Waals surface area contributed by atoms with Crippen molar-refractivity contribution in [3.8, 4) is 5.75 Å². The van der Waals surface area contributed by atoms with E-state index in [1.165, 1.54) is 13.4 Å². The summed E-state index contributed by atoms with van der Waals surface area (Å²) in [6.07, 6.45) is 1.45. The highest BCUT2D eigenvalue weighted by molar-refractivity contribution is 6.04. The van der Waals surface area contributed by atoms with Crippen LogP contribution in [-0.2, 0) is 0 Å². The van der Waals surface area contributed by atoms with Crippen LogP contribution >= 0.6 is 0 Å². The van der Waals surface area contributed by atoms with Crippen molar-refractivity contribution in [1.29, 1.82) is 0 Å². The Kier molecular flexibility index (Phi) is 1.89. The van der Waals surface area contributed by atoms with Gasteiger partial charge in [0.2, 0.25) is 0 Å². The van der Waals surface area contributed by atoms with Crippen LogP contribution in [0.25, 0.3) is 11.0 Å². The van der Waals surface area contributed by atoms with Crippen LogP contribution in [0.3, 0.4) is 0 Å². The van der Waals surface area contributed by atoms with Crippen molar-refractivity contribution in [2.45, 2.75) is 0 Å². The minimum absolute atomic E-state index is 0.138. The average molecular weight is 192 g/mol. The Morgan fingerprint density at radius 1 is 1.43 bits per heavy atom. The van der Waals surface area contributed by atoms with Gasteiger partial charge in [0.15, 0.2) is 0 Å². The van der Waals surface area contributed by atoms with Crippen LogP contribution in [-0.4, -0.2) is 18.2 Å². The van der Waals surface area contributed by atoms with Crippen LogP contribution in [0.15, 0.2) is 28.9 Å². The van der Waals surface area contributed by atoms with Crippen molar-refractivity contribution < 1.29 is 19.1 Å². The third-order valence-corrected chi connectivity index (χ3v) is 2.03. The summed E-state index contributed by atoms with van der Waals surface area (Å²) in [7, 11) is 1.44. The van der Waals surface area contributed by atoms with E-state index in [0.717, 1.165) is 0 Å². The molecule has 1 heterocycles. The summed E-state index contributed by atoms with van der Waals surface area (Å²) in [5, 5.41) is 9.54. The normalized spacial score (nSPS) is 10.4. The second-order valence-electron chi connectivity index (χ2n) is 2.78. The highest BCUT2D eigenvalue weighted by Gasteiger charge is 2.16. The Morgan fingerprint density at radius 2 is 2.21 bits per heavy atom. The zero-order valence-corrected chi connectivity index (χ0v) is 7.48. The Morgan fingerprint density at radius 3 is 2.86 bits per heavy atom. The SMILES string of the molecule is COc1ccc2occc2c1C(=O)O. The lowest BCUT2D eigenvalue weighted by atomic mass is 10.1. The van der Waals surface area contributed by atoms with Crippen LogP contribution in [0.4, 0.5) is 0 Å². The maximum absolute atomic E-state index is 11.0. The topological polar surface area (TPSA) is 59.7 Å². The average Bonchev–Trinajstić information content (AvgIpc) is 2.62. The molecule has 0 atom stereocenters. The minimum atomic E-state index is -1.02. The standard InChI is InChI=1S/C10H8O4/c1-13-8-3-2-7-6(4-5-14-7)9(8)10(11)12/h2-5H,1H3,(H,11,12). The quantitative estimate of drug-likeness (QED) is 0.791. The number of benzene rings is 1. The maximum Gasteiger partial charge on any atom is 0.340 e. The summed E-state index contributed by atoms with van der Waals surface area (Å²) in [6, 6.07) is 4.87. The van der Waals surface area contributed by atoms with Gasteiger partial charge in [-0.1, -0.05) is 0 Å². The minimum Gasteiger partial charge on any atom is -0.496 e. The second kappa shape index (κ2) is 3.06. The van der Waals surface area contributed by atoms with Gasteiger partial charge in [-0.3, -0.25) is 0 Å². The van der Waals surface area contributed by atoms with Crippen LogP contribution in [0.2, 0.25) is 0 Å². The summed E-state index contributed by atoms with van der Waals surface area (Å²) in [6.45, 7) is 0. The van der Waals surface area contributed by atoms with E-state index in [9.17, 15) is 4.79 Å². The number of hydrogen-bond donors (Lipinski definition) is 1. The molecule has 0 unspecified atom stereocenters. The Hall–Kier alpha value is -1.97. The fraction of sp³-hybridized carbons (Fsp3) is 0.100. The third kappa shape index (κ3) is 1.12. The molecule has 2 aromatic rings. The molecule has 1 aromatic heterocycles. The maximum atomic E-state index is 11.0. The van der Waals surface area contributed by atoms with Crippen molar-refractivity contribution in [1.82, 2.24) is 0 Å². The van der Waals surface area contributed by atoms with Gasteiger partial charge in [-0.15, -0.1) is 0 Å². The second-order valence-corrected chi connectivity index (χ2v) is 2.78. The largest absolute Gasteiger partial charge is 0.496 e. The summed E-state index contributed by atoms with van der Waals surface area (Å²) in [4.78, 5) is 11.0. The van der Waals surface area contributed by atoms with Gasteiger partial charge in [-0.25, -0.2) is 4.79 Å². The molecule has 72 valence electrons. The molecule has 0 bridgehead atoms. The first-order chi connectivity index (χ1) is 6.74. The van der Waals surface area contributed by atoms with Crippen molar-refractivity contribution in [3.05, 3.63) is 30.0 Å². The molecule has 14 heavy (non-hydrogen) atoms. The van der Waals surface area contributed by atoms with E-state index in [1.54, 1.807) is 18.2 Å². The van der Waals surface area contributed by atoms with Gasteiger partial charge in [0.1, 0.15) is 16.9 Å². The molecule has 0 radical (unpaired) electrons. The summed E-state index contributed by atoms with van der Waals surface area (Å²) >= 11 is 0. The molecule has 4 nitrogen and oxygen atoms in total.